The van der Waals surface area contributed by atoms with Gasteiger partial charge < -0.3 is 14.4 Å². The first kappa shape index (κ1) is 20.8. The molecule has 0 amide bonds. The van der Waals surface area contributed by atoms with Gasteiger partial charge in [0.1, 0.15) is 0 Å². The van der Waals surface area contributed by atoms with Crippen molar-refractivity contribution in [3.8, 4) is 0 Å². The molecule has 1 N–H and O–H groups in total. The SMILES string of the molecule is CCOP(=O)(OCC)C1CNCC1c1ccccn1.Cl.Cl. The molecule has 5 nitrogen and oxygen atoms in total. The van der Waals surface area contributed by atoms with Crippen molar-refractivity contribution in [2.75, 3.05) is 26.3 Å². The number of nitrogens with one attached hydrogen (secondary N) is 1. The van der Waals surface area contributed by atoms with E-state index in [0.717, 1.165) is 12.2 Å². The van der Waals surface area contributed by atoms with E-state index in [1.54, 1.807) is 6.20 Å². The molecule has 1 aliphatic rings. The monoisotopic (exact) mass is 356 g/mol. The van der Waals surface area contributed by atoms with Crippen molar-refractivity contribution >= 4 is 32.4 Å². The minimum absolute atomic E-state index is 0. The fourth-order valence-corrected chi connectivity index (χ4v) is 4.71. The summed E-state index contributed by atoms with van der Waals surface area (Å²) in [5.74, 6) is 0.0742. The molecule has 1 fully saturated rings. The Labute approximate surface area is 138 Å². The first-order valence-corrected chi connectivity index (χ1v) is 8.33. The largest absolute Gasteiger partial charge is 0.335 e. The lowest BCUT2D eigenvalue weighted by Gasteiger charge is -2.26. The molecular formula is C13H23Cl2N2O3P. The number of hydrogen-bond acceptors (Lipinski definition) is 5. The zero-order valence-corrected chi connectivity index (χ0v) is 14.8. The van der Waals surface area contributed by atoms with Crippen LogP contribution in [0.25, 0.3) is 0 Å². The highest BCUT2D eigenvalue weighted by atomic mass is 35.5. The number of pyridine rings is 1. The molecule has 1 saturated heterocycles. The maximum absolute atomic E-state index is 12.9. The van der Waals surface area contributed by atoms with E-state index in [1.807, 2.05) is 32.0 Å². The quantitative estimate of drug-likeness (QED) is 0.792. The molecule has 122 valence electrons. The Hall–Kier alpha value is -0.160. The second kappa shape index (κ2) is 9.78. The minimum Gasteiger partial charge on any atom is -0.315 e. The molecule has 8 heteroatoms. The van der Waals surface area contributed by atoms with Crippen LogP contribution in [0.5, 0.6) is 0 Å². The topological polar surface area (TPSA) is 60.5 Å². The van der Waals surface area contributed by atoms with Gasteiger partial charge in [-0.3, -0.25) is 9.55 Å². The molecule has 2 unspecified atom stereocenters. The molecule has 2 atom stereocenters. The van der Waals surface area contributed by atoms with Crippen LogP contribution in [-0.2, 0) is 13.6 Å². The minimum atomic E-state index is -3.09. The molecule has 0 aromatic carbocycles. The Balaban J connectivity index is 0.00000200. The summed E-state index contributed by atoms with van der Waals surface area (Å²) in [5.41, 5.74) is 0.777. The van der Waals surface area contributed by atoms with Crippen molar-refractivity contribution in [1.29, 1.82) is 0 Å². The standard InChI is InChI=1S/C13H21N2O3P.2ClH/c1-3-17-19(16,18-4-2)13-10-14-9-11(13)12-7-5-6-8-15-12;;/h5-8,11,13-14H,3-4,9-10H2,1-2H3;2*1H. The van der Waals surface area contributed by atoms with Crippen LogP contribution in [0.4, 0.5) is 0 Å². The lowest BCUT2D eigenvalue weighted by molar-refractivity contribution is 0.211. The highest BCUT2D eigenvalue weighted by Crippen LogP contribution is 2.57. The Morgan fingerprint density at radius 3 is 2.43 bits per heavy atom. The predicted molar refractivity (Wildman–Crippen MR) is 89.0 cm³/mol. The second-order valence-corrected chi connectivity index (χ2v) is 6.72. The summed E-state index contributed by atoms with van der Waals surface area (Å²) in [6, 6.07) is 5.79. The van der Waals surface area contributed by atoms with Crippen LogP contribution in [-0.4, -0.2) is 36.9 Å². The smallest absolute Gasteiger partial charge is 0.315 e. The molecule has 1 aromatic rings. The normalized spacial score (nSPS) is 21.4. The van der Waals surface area contributed by atoms with Gasteiger partial charge in [0.15, 0.2) is 0 Å². The molecule has 2 heterocycles. The fourth-order valence-electron chi connectivity index (χ4n) is 2.48. The van der Waals surface area contributed by atoms with E-state index in [2.05, 4.69) is 10.3 Å². The van der Waals surface area contributed by atoms with Crippen LogP contribution in [0.1, 0.15) is 25.5 Å². The van der Waals surface area contributed by atoms with Crippen molar-refractivity contribution < 1.29 is 13.6 Å². The number of rotatable bonds is 6. The molecule has 21 heavy (non-hydrogen) atoms. The Bertz CT molecular complexity index is 440. The van der Waals surface area contributed by atoms with E-state index in [0.29, 0.717) is 19.8 Å². The van der Waals surface area contributed by atoms with Crippen LogP contribution in [0.3, 0.4) is 0 Å². The van der Waals surface area contributed by atoms with Crippen molar-refractivity contribution in [3.05, 3.63) is 30.1 Å². The van der Waals surface area contributed by atoms with Gasteiger partial charge in [-0.2, -0.15) is 0 Å². The maximum Gasteiger partial charge on any atom is 0.335 e. The lowest BCUT2D eigenvalue weighted by Crippen LogP contribution is -2.21. The van der Waals surface area contributed by atoms with Crippen molar-refractivity contribution in [1.82, 2.24) is 10.3 Å². The number of hydrogen-bond donors (Lipinski definition) is 1. The average molecular weight is 357 g/mol. The first-order chi connectivity index (χ1) is 9.21. The molecule has 0 saturated carbocycles. The number of aromatic nitrogens is 1. The summed E-state index contributed by atoms with van der Waals surface area (Å²) >= 11 is 0. The average Bonchev–Trinajstić information content (AvgIpc) is 2.90. The van der Waals surface area contributed by atoms with Gasteiger partial charge in [-0.15, -0.1) is 24.8 Å². The van der Waals surface area contributed by atoms with Crippen LogP contribution in [0.2, 0.25) is 0 Å². The van der Waals surface area contributed by atoms with Crippen molar-refractivity contribution in [3.63, 3.8) is 0 Å². The van der Waals surface area contributed by atoms with Crippen molar-refractivity contribution in [2.24, 2.45) is 0 Å². The summed E-state index contributed by atoms with van der Waals surface area (Å²) in [6.07, 6.45) is 1.76. The fraction of sp³-hybridized carbons (Fsp3) is 0.615. The van der Waals surface area contributed by atoms with Gasteiger partial charge in [0.05, 0.1) is 18.9 Å². The van der Waals surface area contributed by atoms with E-state index < -0.39 is 7.60 Å². The predicted octanol–water partition coefficient (Wildman–Crippen LogP) is 3.25. The third kappa shape index (κ3) is 4.92. The summed E-state index contributed by atoms with van der Waals surface area (Å²) in [6.45, 7) is 5.85. The highest BCUT2D eigenvalue weighted by Gasteiger charge is 2.44. The second-order valence-electron chi connectivity index (χ2n) is 4.46. The zero-order chi connectivity index (χ0) is 13.7. The number of nitrogens with zero attached hydrogens (tertiary/aromatic N) is 1. The van der Waals surface area contributed by atoms with Crippen LogP contribution < -0.4 is 5.32 Å². The molecule has 2 rings (SSSR count). The maximum atomic E-state index is 12.9. The van der Waals surface area contributed by atoms with E-state index in [9.17, 15) is 4.57 Å². The van der Waals surface area contributed by atoms with E-state index in [1.165, 1.54) is 0 Å². The molecule has 1 aliphatic heterocycles. The summed E-state index contributed by atoms with van der Waals surface area (Å²) in [5, 5.41) is 3.27. The Morgan fingerprint density at radius 1 is 1.24 bits per heavy atom. The molecule has 1 aromatic heterocycles. The van der Waals surface area contributed by atoms with Crippen molar-refractivity contribution in [2.45, 2.75) is 25.4 Å². The Morgan fingerprint density at radius 2 is 1.90 bits per heavy atom. The van der Waals surface area contributed by atoms with E-state index in [-0.39, 0.29) is 36.4 Å². The Kier molecular flexibility index (Phi) is 9.70. The van der Waals surface area contributed by atoms with Gasteiger partial charge in [0.25, 0.3) is 0 Å². The molecule has 0 radical (unpaired) electrons. The highest BCUT2D eigenvalue weighted by molar-refractivity contribution is 7.54. The zero-order valence-electron chi connectivity index (χ0n) is 12.2. The summed E-state index contributed by atoms with van der Waals surface area (Å²) < 4.78 is 23.8. The van der Waals surface area contributed by atoms with E-state index >= 15 is 0 Å². The third-order valence-electron chi connectivity index (χ3n) is 3.27. The van der Waals surface area contributed by atoms with Gasteiger partial charge in [0, 0.05) is 30.9 Å². The molecule has 0 bridgehead atoms. The van der Waals surface area contributed by atoms with Gasteiger partial charge in [-0.05, 0) is 26.0 Å². The first-order valence-electron chi connectivity index (χ1n) is 6.71. The summed E-state index contributed by atoms with van der Waals surface area (Å²) in [7, 11) is -3.09. The molecular weight excluding hydrogens is 334 g/mol. The van der Waals surface area contributed by atoms with Gasteiger partial charge >= 0.3 is 7.60 Å². The van der Waals surface area contributed by atoms with Crippen LogP contribution in [0, 0.1) is 0 Å². The van der Waals surface area contributed by atoms with Gasteiger partial charge in [-0.1, -0.05) is 6.07 Å². The van der Waals surface area contributed by atoms with Gasteiger partial charge in [0.2, 0.25) is 0 Å². The third-order valence-corrected chi connectivity index (χ3v) is 5.87. The van der Waals surface area contributed by atoms with Crippen LogP contribution in [0.15, 0.2) is 24.4 Å². The molecule has 0 aliphatic carbocycles. The van der Waals surface area contributed by atoms with Crippen LogP contribution >= 0.6 is 32.4 Å². The summed E-state index contributed by atoms with van der Waals surface area (Å²) in [4.78, 5) is 4.37. The lowest BCUT2D eigenvalue weighted by atomic mass is 10.0. The van der Waals surface area contributed by atoms with Gasteiger partial charge in [-0.25, -0.2) is 0 Å². The van der Waals surface area contributed by atoms with E-state index in [4.69, 9.17) is 9.05 Å². The molecule has 0 spiro atoms. The number of halogens is 2.